The number of nitrogens with zero attached hydrogens (tertiary/aromatic N) is 3. The number of benzene rings is 1. The molecule has 1 aromatic carbocycles. The Hall–Kier alpha value is -5.90. The van der Waals surface area contributed by atoms with Gasteiger partial charge in [-0.3, -0.25) is 24.5 Å². The van der Waals surface area contributed by atoms with Crippen LogP contribution in [0.3, 0.4) is 0 Å². The number of esters is 2. The molecule has 21 heteroatoms. The Morgan fingerprint density at radius 3 is 2.38 bits per heavy atom. The van der Waals surface area contributed by atoms with Crippen molar-refractivity contribution in [3.05, 3.63) is 58.5 Å². The van der Waals surface area contributed by atoms with E-state index >= 15 is 0 Å². The lowest BCUT2D eigenvalue weighted by atomic mass is 9.96. The number of alkyl carbamates (subject to hydrolysis) is 1. The molecule has 1 fully saturated rings. The Morgan fingerprint density at radius 2 is 1.73 bits per heavy atom. The van der Waals surface area contributed by atoms with Gasteiger partial charge in [0.25, 0.3) is 5.56 Å². The number of nitrogens with one attached hydrogen (secondary N) is 4. The van der Waals surface area contributed by atoms with Crippen molar-refractivity contribution < 1.29 is 57.2 Å². The molecular weight excluding hydrogens is 839 g/mol. The highest BCUT2D eigenvalue weighted by Gasteiger charge is 2.57. The van der Waals surface area contributed by atoms with Gasteiger partial charge in [0.15, 0.2) is 20.6 Å². The van der Waals surface area contributed by atoms with Crippen molar-refractivity contribution >= 4 is 72.8 Å². The first-order valence-electron chi connectivity index (χ1n) is 20.5. The predicted molar refractivity (Wildman–Crippen MR) is 233 cm³/mol. The minimum Gasteiger partial charge on any atom is -0.455 e. The van der Waals surface area contributed by atoms with Gasteiger partial charge in [0, 0.05) is 17.6 Å². The van der Waals surface area contributed by atoms with Gasteiger partial charge < -0.3 is 53.7 Å². The summed E-state index contributed by atoms with van der Waals surface area (Å²) in [5.74, 6) is -2.78. The molecule has 5 atom stereocenters. The first-order valence-corrected chi connectivity index (χ1v) is 23.4. The van der Waals surface area contributed by atoms with E-state index in [1.54, 1.807) is 52.0 Å². The first kappa shape index (κ1) is 48.1. The fourth-order valence-corrected chi connectivity index (χ4v) is 7.44. The molecule has 0 aliphatic carbocycles. The van der Waals surface area contributed by atoms with Crippen molar-refractivity contribution in [3.8, 4) is 0 Å². The van der Waals surface area contributed by atoms with Crippen molar-refractivity contribution in [2.75, 3.05) is 30.6 Å². The number of carbonyl (C=O) groups excluding carboxylic acids is 5. The Balaban J connectivity index is 1.39. The van der Waals surface area contributed by atoms with Crippen LogP contribution in [0.25, 0.3) is 10.8 Å². The maximum Gasteiger partial charge on any atom is 0.414 e. The molecule has 0 saturated carbocycles. The quantitative estimate of drug-likeness (QED) is 0.0558. The van der Waals surface area contributed by atoms with Crippen LogP contribution in [0.2, 0.25) is 18.1 Å². The number of rotatable bonds is 16. The molecule has 63 heavy (non-hydrogen) atoms. The Kier molecular flexibility index (Phi) is 15.0. The van der Waals surface area contributed by atoms with Crippen LogP contribution < -0.4 is 26.8 Å². The van der Waals surface area contributed by atoms with Gasteiger partial charge in [0.1, 0.15) is 42.5 Å². The molecule has 0 radical (unpaired) electrons. The Morgan fingerprint density at radius 1 is 1.03 bits per heavy atom. The summed E-state index contributed by atoms with van der Waals surface area (Å²) in [5, 5.41) is 23.1. The summed E-state index contributed by atoms with van der Waals surface area (Å²) in [6.45, 7) is 16.9. The summed E-state index contributed by atoms with van der Waals surface area (Å²) < 4.78 is 35.7. The number of hydrogen-bond acceptors (Lipinski definition) is 16. The molecule has 342 valence electrons. The lowest BCUT2D eigenvalue weighted by molar-refractivity contribution is -0.163. The fraction of sp³-hybridized carbons (Fsp3) is 0.524. The molecule has 3 aromatic rings. The minimum atomic E-state index is -2.44. The van der Waals surface area contributed by atoms with Crippen LogP contribution in [0.4, 0.5) is 26.9 Å². The van der Waals surface area contributed by atoms with E-state index in [0.29, 0.717) is 0 Å². The Bertz CT molecular complexity index is 2280. The van der Waals surface area contributed by atoms with E-state index in [0.717, 1.165) is 11.6 Å². The van der Waals surface area contributed by atoms with E-state index < -0.39 is 99.2 Å². The molecule has 5 unspecified atom stereocenters. The van der Waals surface area contributed by atoms with Gasteiger partial charge in [0.05, 0.1) is 29.9 Å². The van der Waals surface area contributed by atoms with Crippen LogP contribution in [0.15, 0.2) is 52.4 Å². The van der Waals surface area contributed by atoms with Gasteiger partial charge in [-0.25, -0.2) is 14.6 Å². The first-order chi connectivity index (χ1) is 29.5. The number of anilines is 2. The second kappa shape index (κ2) is 19.6. The Labute approximate surface area is 365 Å². The normalized spacial score (nSPS) is 19.9. The number of aliphatic imine (C=N–C) groups is 1. The van der Waals surface area contributed by atoms with Crippen LogP contribution in [0.1, 0.15) is 67.2 Å². The van der Waals surface area contributed by atoms with E-state index in [4.69, 9.17) is 28.1 Å². The van der Waals surface area contributed by atoms with Gasteiger partial charge in [-0.2, -0.15) is 4.98 Å². The fourth-order valence-electron chi connectivity index (χ4n) is 6.42. The highest BCUT2D eigenvalue weighted by Crippen LogP contribution is 2.47. The topological polar surface area (TPSA) is 256 Å². The number of hydrogen-bond donors (Lipinski definition) is 5. The van der Waals surface area contributed by atoms with Crippen LogP contribution in [0, 0.1) is 11.8 Å². The zero-order valence-corrected chi connectivity index (χ0v) is 38.1. The second-order valence-electron chi connectivity index (χ2n) is 17.6. The van der Waals surface area contributed by atoms with Crippen LogP contribution in [-0.4, -0.2) is 103 Å². The van der Waals surface area contributed by atoms with Crippen LogP contribution in [-0.2, 0) is 49.1 Å². The maximum atomic E-state index is 13.6. The predicted octanol–water partition coefficient (Wildman–Crippen LogP) is 4.84. The maximum absolute atomic E-state index is 13.6. The third kappa shape index (κ3) is 11.6. The van der Waals surface area contributed by atoms with Gasteiger partial charge in [0.2, 0.25) is 12.7 Å². The molecule has 3 amide bonds. The average molecular weight is 896 g/mol. The molecule has 0 bridgehead atoms. The van der Waals surface area contributed by atoms with Crippen LogP contribution in [0.5, 0.6) is 0 Å². The number of ether oxygens (including phenoxy) is 5. The van der Waals surface area contributed by atoms with Crippen LogP contribution >= 0.6 is 0 Å². The van der Waals surface area contributed by atoms with E-state index in [1.165, 1.54) is 24.0 Å². The number of carbonyl (C=O) groups is 5. The van der Waals surface area contributed by atoms with E-state index in [9.17, 15) is 33.9 Å². The molecule has 20 nitrogen and oxygen atoms in total. The van der Waals surface area contributed by atoms with E-state index in [-0.39, 0.29) is 46.3 Å². The standard InChI is InChI=1S/C42H57N7O13Si/c1-23(2)32(48-40(55)57-19-25-14-12-11-13-15-25)36(52)43-17-30(51)62-33-28(20-60-63(9,10)41(5,6)7)61-38(42(33,8)56)49-18-26-27(46-39(54)59-22-58-37(53)24(3)4)16-29(50)47-34-31(26)35(49)45-21-44-34/h11-16,18,21,23-24,28,32-33,38,56H,17,19-20,22H2,1-10H3,(H,43,52)(H,46,54)(H,48,55)(H,44,45,47,50). The summed E-state index contributed by atoms with van der Waals surface area (Å²) in [6.07, 6.45) is -2.87. The molecule has 2 aliphatic heterocycles. The number of aromatic nitrogens is 2. The second-order valence-corrected chi connectivity index (χ2v) is 22.4. The van der Waals surface area contributed by atoms with Crippen molar-refractivity contribution in [1.82, 2.24) is 20.2 Å². The molecule has 0 spiro atoms. The van der Waals surface area contributed by atoms with Gasteiger partial charge >= 0.3 is 24.1 Å². The molecule has 2 aliphatic rings. The van der Waals surface area contributed by atoms with Gasteiger partial charge in [-0.05, 0) is 36.5 Å². The lowest BCUT2D eigenvalue weighted by Gasteiger charge is -2.37. The van der Waals surface area contributed by atoms with E-state index in [2.05, 4.69) is 52.0 Å². The van der Waals surface area contributed by atoms with Crippen molar-refractivity contribution in [1.29, 1.82) is 0 Å². The third-order valence-electron chi connectivity index (χ3n) is 11.0. The summed E-state index contributed by atoms with van der Waals surface area (Å²) in [6, 6.07) is 9.02. The number of amides is 3. The molecule has 5 rings (SSSR count). The van der Waals surface area contributed by atoms with Crippen molar-refractivity contribution in [2.45, 2.75) is 110 Å². The third-order valence-corrected chi connectivity index (χ3v) is 15.5. The molecule has 5 N–H and O–H groups in total. The van der Waals surface area contributed by atoms with E-state index in [1.807, 2.05) is 19.2 Å². The highest BCUT2D eigenvalue weighted by molar-refractivity contribution is 6.74. The summed E-state index contributed by atoms with van der Waals surface area (Å²) in [7, 11) is -2.44. The smallest absolute Gasteiger partial charge is 0.414 e. The lowest BCUT2D eigenvalue weighted by Crippen LogP contribution is -2.52. The molecule has 2 aromatic heterocycles. The molecule has 1 saturated heterocycles. The summed E-state index contributed by atoms with van der Waals surface area (Å²) in [4.78, 5) is 85.7. The summed E-state index contributed by atoms with van der Waals surface area (Å²) in [5.41, 5.74) is -2.04. The summed E-state index contributed by atoms with van der Waals surface area (Å²) >= 11 is 0. The minimum absolute atomic E-state index is 0.0110. The average Bonchev–Trinajstić information content (AvgIpc) is 3.66. The largest absolute Gasteiger partial charge is 0.455 e. The monoisotopic (exact) mass is 895 g/mol. The van der Waals surface area contributed by atoms with Gasteiger partial charge in [-0.1, -0.05) is 78.8 Å². The van der Waals surface area contributed by atoms with Crippen molar-refractivity contribution in [2.24, 2.45) is 16.8 Å². The SMILES string of the molecule is CC(C)C(=O)OCOC(=O)Nc1cc(=O)nc2c3c(n(C4OC(CO[Si](C)(C)C(C)(C)C)C(OC(=O)CNC(=O)C(NC(=O)OCc5ccccc5)C(C)C)C4(C)O)cc13)N=CN2. The number of aliphatic hydroxyl groups is 1. The highest BCUT2D eigenvalue weighted by atomic mass is 28.4. The molecule has 4 heterocycles. The molecular formula is C42H57N7O13Si. The zero-order chi connectivity index (χ0) is 46.4. The van der Waals surface area contributed by atoms with Crippen molar-refractivity contribution in [3.63, 3.8) is 0 Å². The van der Waals surface area contributed by atoms with Gasteiger partial charge in [-0.15, -0.1) is 0 Å². The zero-order valence-electron chi connectivity index (χ0n) is 37.1.